The number of carbonyl (C=O) groups is 2. The Bertz CT molecular complexity index is 627. The standard InChI is InChI=1S/C18H24N2O4/c1-24-15-6-2-5-14(21)16(15)18(23)20-9-3-4-13(11-20)17(22)19-10-12-7-8-12/h2,5-6,12-13,21H,3-4,7-11H2,1H3,(H,19,22). The molecule has 6 heteroatoms. The summed E-state index contributed by atoms with van der Waals surface area (Å²) in [5.41, 5.74) is 0.166. The third-order valence-electron chi connectivity index (χ3n) is 4.78. The molecule has 1 heterocycles. The number of aromatic hydroxyl groups is 1. The molecule has 1 atom stereocenters. The maximum Gasteiger partial charge on any atom is 0.261 e. The van der Waals surface area contributed by atoms with Gasteiger partial charge in [0.15, 0.2) is 0 Å². The van der Waals surface area contributed by atoms with Gasteiger partial charge in [-0.05, 0) is 43.7 Å². The summed E-state index contributed by atoms with van der Waals surface area (Å²) in [5.74, 6) is 0.451. The van der Waals surface area contributed by atoms with Crippen molar-refractivity contribution in [2.45, 2.75) is 25.7 Å². The second-order valence-electron chi connectivity index (χ2n) is 6.63. The Labute approximate surface area is 141 Å². The number of piperidine rings is 1. The lowest BCUT2D eigenvalue weighted by atomic mass is 9.96. The molecule has 1 aromatic carbocycles. The number of likely N-dealkylation sites (tertiary alicyclic amines) is 1. The van der Waals surface area contributed by atoms with Crippen LogP contribution in [0.1, 0.15) is 36.0 Å². The Morgan fingerprint density at radius 2 is 2.12 bits per heavy atom. The minimum Gasteiger partial charge on any atom is -0.507 e. The average Bonchev–Trinajstić information content (AvgIpc) is 3.43. The zero-order valence-corrected chi connectivity index (χ0v) is 14.0. The van der Waals surface area contributed by atoms with E-state index in [-0.39, 0.29) is 29.0 Å². The Hall–Kier alpha value is -2.24. The number of methoxy groups -OCH3 is 1. The van der Waals surface area contributed by atoms with Crippen molar-refractivity contribution in [1.82, 2.24) is 10.2 Å². The smallest absolute Gasteiger partial charge is 0.261 e. The molecule has 1 aromatic rings. The molecule has 2 aliphatic rings. The molecular formula is C18H24N2O4. The van der Waals surface area contributed by atoms with E-state index in [2.05, 4.69) is 5.32 Å². The van der Waals surface area contributed by atoms with Gasteiger partial charge < -0.3 is 20.1 Å². The van der Waals surface area contributed by atoms with Crippen LogP contribution >= 0.6 is 0 Å². The molecule has 2 fully saturated rings. The zero-order chi connectivity index (χ0) is 17.1. The van der Waals surface area contributed by atoms with Crippen LogP contribution < -0.4 is 10.1 Å². The maximum absolute atomic E-state index is 12.8. The number of carbonyl (C=O) groups excluding carboxylic acids is 2. The highest BCUT2D eigenvalue weighted by Gasteiger charge is 2.32. The van der Waals surface area contributed by atoms with Crippen molar-refractivity contribution in [1.29, 1.82) is 0 Å². The molecule has 1 aliphatic carbocycles. The topological polar surface area (TPSA) is 78.9 Å². The molecule has 1 saturated carbocycles. The predicted molar refractivity (Wildman–Crippen MR) is 89.0 cm³/mol. The van der Waals surface area contributed by atoms with Gasteiger partial charge in [0, 0.05) is 19.6 Å². The van der Waals surface area contributed by atoms with Crippen molar-refractivity contribution >= 4 is 11.8 Å². The van der Waals surface area contributed by atoms with Gasteiger partial charge in [-0.25, -0.2) is 0 Å². The molecule has 2 N–H and O–H groups in total. The zero-order valence-electron chi connectivity index (χ0n) is 14.0. The fourth-order valence-electron chi connectivity index (χ4n) is 3.15. The first kappa shape index (κ1) is 16.6. The molecule has 0 bridgehead atoms. The maximum atomic E-state index is 12.8. The molecule has 0 spiro atoms. The van der Waals surface area contributed by atoms with Gasteiger partial charge in [-0.3, -0.25) is 9.59 Å². The van der Waals surface area contributed by atoms with E-state index in [1.807, 2.05) is 0 Å². The molecule has 2 amide bonds. The number of benzene rings is 1. The third-order valence-corrected chi connectivity index (χ3v) is 4.78. The van der Waals surface area contributed by atoms with E-state index in [1.54, 1.807) is 17.0 Å². The van der Waals surface area contributed by atoms with Crippen molar-refractivity contribution in [3.63, 3.8) is 0 Å². The van der Waals surface area contributed by atoms with Crippen LogP contribution in [0.4, 0.5) is 0 Å². The number of nitrogens with one attached hydrogen (secondary N) is 1. The highest BCUT2D eigenvalue weighted by atomic mass is 16.5. The number of ether oxygens (including phenoxy) is 1. The van der Waals surface area contributed by atoms with E-state index in [0.717, 1.165) is 19.4 Å². The molecule has 3 rings (SSSR count). The predicted octanol–water partition coefficient (Wildman–Crippen LogP) is 1.78. The summed E-state index contributed by atoms with van der Waals surface area (Å²) < 4.78 is 5.20. The van der Waals surface area contributed by atoms with Gasteiger partial charge in [0.05, 0.1) is 13.0 Å². The van der Waals surface area contributed by atoms with Crippen LogP contribution in [0.5, 0.6) is 11.5 Å². The monoisotopic (exact) mass is 332 g/mol. The Morgan fingerprint density at radius 3 is 2.83 bits per heavy atom. The second kappa shape index (κ2) is 7.11. The third kappa shape index (κ3) is 3.63. The number of amides is 2. The number of phenolic OH excluding ortho intramolecular Hbond substituents is 1. The van der Waals surface area contributed by atoms with Crippen LogP contribution in [0.3, 0.4) is 0 Å². The van der Waals surface area contributed by atoms with E-state index in [4.69, 9.17) is 4.74 Å². The SMILES string of the molecule is COc1cccc(O)c1C(=O)N1CCCC(C(=O)NCC2CC2)C1. The van der Waals surface area contributed by atoms with E-state index < -0.39 is 0 Å². The Kier molecular flexibility index (Phi) is 4.92. The minimum atomic E-state index is -0.287. The van der Waals surface area contributed by atoms with Crippen LogP contribution in [0.2, 0.25) is 0 Å². The van der Waals surface area contributed by atoms with Gasteiger partial charge >= 0.3 is 0 Å². The van der Waals surface area contributed by atoms with Crippen molar-refractivity contribution in [3.05, 3.63) is 23.8 Å². The highest BCUT2D eigenvalue weighted by molar-refractivity contribution is 6.00. The lowest BCUT2D eigenvalue weighted by molar-refractivity contribution is -0.126. The fraction of sp³-hybridized carbons (Fsp3) is 0.556. The number of rotatable bonds is 5. The van der Waals surface area contributed by atoms with E-state index in [1.165, 1.54) is 26.0 Å². The summed E-state index contributed by atoms with van der Waals surface area (Å²) >= 11 is 0. The summed E-state index contributed by atoms with van der Waals surface area (Å²) in [6, 6.07) is 4.76. The van der Waals surface area contributed by atoms with Crippen LogP contribution in [0.25, 0.3) is 0 Å². The van der Waals surface area contributed by atoms with Gasteiger partial charge in [0.1, 0.15) is 17.1 Å². The number of hydrogen-bond acceptors (Lipinski definition) is 4. The van der Waals surface area contributed by atoms with Gasteiger partial charge in [0.25, 0.3) is 5.91 Å². The first-order valence-electron chi connectivity index (χ1n) is 8.53. The summed E-state index contributed by atoms with van der Waals surface area (Å²) in [6.45, 7) is 1.71. The first-order valence-corrected chi connectivity index (χ1v) is 8.53. The lowest BCUT2D eigenvalue weighted by Crippen LogP contribution is -2.45. The van der Waals surface area contributed by atoms with Crippen LogP contribution in [0.15, 0.2) is 18.2 Å². The summed E-state index contributed by atoms with van der Waals surface area (Å²) in [6.07, 6.45) is 3.96. The molecular weight excluding hydrogens is 308 g/mol. The van der Waals surface area contributed by atoms with E-state index in [9.17, 15) is 14.7 Å². The summed E-state index contributed by atoms with van der Waals surface area (Å²) in [5, 5.41) is 13.0. The van der Waals surface area contributed by atoms with Crippen molar-refractivity contribution < 1.29 is 19.4 Å². The van der Waals surface area contributed by atoms with Crippen molar-refractivity contribution in [2.24, 2.45) is 11.8 Å². The number of nitrogens with zero attached hydrogens (tertiary/aromatic N) is 1. The van der Waals surface area contributed by atoms with Crippen LogP contribution in [-0.4, -0.2) is 48.6 Å². The van der Waals surface area contributed by atoms with Gasteiger partial charge in [-0.1, -0.05) is 6.07 Å². The second-order valence-corrected chi connectivity index (χ2v) is 6.63. The van der Waals surface area contributed by atoms with Crippen LogP contribution in [-0.2, 0) is 4.79 Å². The molecule has 24 heavy (non-hydrogen) atoms. The largest absolute Gasteiger partial charge is 0.507 e. The fourth-order valence-corrected chi connectivity index (χ4v) is 3.15. The lowest BCUT2D eigenvalue weighted by Gasteiger charge is -2.32. The summed E-state index contributed by atoms with van der Waals surface area (Å²) in [7, 11) is 1.47. The van der Waals surface area contributed by atoms with Gasteiger partial charge in [-0.2, -0.15) is 0 Å². The quantitative estimate of drug-likeness (QED) is 0.861. The molecule has 1 aliphatic heterocycles. The molecule has 130 valence electrons. The molecule has 1 saturated heterocycles. The van der Waals surface area contributed by atoms with Gasteiger partial charge in [0.2, 0.25) is 5.91 Å². The number of hydrogen-bond donors (Lipinski definition) is 2. The minimum absolute atomic E-state index is 0.0312. The molecule has 0 radical (unpaired) electrons. The number of phenols is 1. The van der Waals surface area contributed by atoms with Gasteiger partial charge in [-0.15, -0.1) is 0 Å². The molecule has 6 nitrogen and oxygen atoms in total. The van der Waals surface area contributed by atoms with E-state index in [0.29, 0.717) is 24.8 Å². The van der Waals surface area contributed by atoms with Crippen LogP contribution in [0, 0.1) is 11.8 Å². The molecule has 0 aromatic heterocycles. The van der Waals surface area contributed by atoms with Crippen molar-refractivity contribution in [3.8, 4) is 11.5 Å². The normalized spacial score (nSPS) is 20.5. The highest BCUT2D eigenvalue weighted by Crippen LogP contribution is 2.31. The van der Waals surface area contributed by atoms with Crippen molar-refractivity contribution in [2.75, 3.05) is 26.7 Å². The Morgan fingerprint density at radius 1 is 1.33 bits per heavy atom. The summed E-state index contributed by atoms with van der Waals surface area (Å²) in [4.78, 5) is 26.7. The average molecular weight is 332 g/mol. The van der Waals surface area contributed by atoms with E-state index >= 15 is 0 Å². The Balaban J connectivity index is 1.67. The molecule has 1 unspecified atom stereocenters. The first-order chi connectivity index (χ1) is 11.6.